The molecule has 1 saturated heterocycles. The van der Waals surface area contributed by atoms with Gasteiger partial charge in [0.25, 0.3) is 5.91 Å². The van der Waals surface area contributed by atoms with Gasteiger partial charge in [-0.05, 0) is 36.6 Å². The lowest BCUT2D eigenvalue weighted by Crippen LogP contribution is -2.28. The van der Waals surface area contributed by atoms with E-state index in [0.717, 1.165) is 42.0 Å². The number of hydrogen-bond acceptors (Lipinski definition) is 3. The highest BCUT2D eigenvalue weighted by atomic mass is 35.5. The van der Waals surface area contributed by atoms with Gasteiger partial charge in [0.15, 0.2) is 0 Å². The predicted molar refractivity (Wildman–Crippen MR) is 107 cm³/mol. The van der Waals surface area contributed by atoms with Crippen LogP contribution in [-0.2, 0) is 12.0 Å². The summed E-state index contributed by atoms with van der Waals surface area (Å²) >= 11 is 0. The van der Waals surface area contributed by atoms with Gasteiger partial charge in [0.1, 0.15) is 0 Å². The molecule has 2 aromatic rings. The Morgan fingerprint density at radius 3 is 2.65 bits per heavy atom. The molecule has 0 saturated carbocycles. The standard InChI is InChI=1S/C20H28N4O.ClH/c1-20(2,3)18-11-15(22-23-18)13-24(4)19(25)17-8-6-5-7-16(17)14-9-10-21-12-14;/h5-8,11,14,21H,9-10,12-13H2,1-4H3,(H,22,23);1H. The Kier molecular flexibility index (Phi) is 6.48. The van der Waals surface area contributed by atoms with Crippen molar-refractivity contribution in [2.45, 2.75) is 45.1 Å². The number of nitrogens with one attached hydrogen (secondary N) is 2. The molecule has 3 rings (SSSR count). The van der Waals surface area contributed by atoms with E-state index in [1.807, 2.05) is 25.2 Å². The number of nitrogens with zero attached hydrogens (tertiary/aromatic N) is 2. The quantitative estimate of drug-likeness (QED) is 0.858. The van der Waals surface area contributed by atoms with Gasteiger partial charge in [-0.15, -0.1) is 12.4 Å². The Hall–Kier alpha value is -1.85. The first-order chi connectivity index (χ1) is 11.9. The topological polar surface area (TPSA) is 61.0 Å². The number of H-pyrrole nitrogens is 1. The van der Waals surface area contributed by atoms with Crippen LogP contribution in [0.1, 0.15) is 60.4 Å². The summed E-state index contributed by atoms with van der Waals surface area (Å²) in [6.45, 7) is 8.89. The maximum Gasteiger partial charge on any atom is 0.254 e. The summed E-state index contributed by atoms with van der Waals surface area (Å²) in [5.74, 6) is 0.489. The van der Waals surface area contributed by atoms with Crippen molar-refractivity contribution < 1.29 is 4.79 Å². The second-order valence-corrected chi connectivity index (χ2v) is 7.97. The largest absolute Gasteiger partial charge is 0.336 e. The van der Waals surface area contributed by atoms with Crippen molar-refractivity contribution in [1.82, 2.24) is 20.4 Å². The van der Waals surface area contributed by atoms with Gasteiger partial charge < -0.3 is 10.2 Å². The van der Waals surface area contributed by atoms with Crippen molar-refractivity contribution in [3.63, 3.8) is 0 Å². The minimum Gasteiger partial charge on any atom is -0.336 e. The molecule has 26 heavy (non-hydrogen) atoms. The summed E-state index contributed by atoms with van der Waals surface area (Å²) in [5, 5.41) is 10.8. The maximum atomic E-state index is 13.0. The molecule has 1 aliphatic rings. The van der Waals surface area contributed by atoms with E-state index in [9.17, 15) is 4.79 Å². The first kappa shape index (κ1) is 20.5. The molecule has 142 valence electrons. The second-order valence-electron chi connectivity index (χ2n) is 7.97. The van der Waals surface area contributed by atoms with Crippen LogP contribution in [0.25, 0.3) is 0 Å². The fraction of sp³-hybridized carbons (Fsp3) is 0.500. The molecule has 1 unspecified atom stereocenters. The van der Waals surface area contributed by atoms with E-state index in [4.69, 9.17) is 0 Å². The highest BCUT2D eigenvalue weighted by Gasteiger charge is 2.24. The van der Waals surface area contributed by atoms with Crippen LogP contribution in [0.5, 0.6) is 0 Å². The average Bonchev–Trinajstić information content (AvgIpc) is 3.25. The zero-order chi connectivity index (χ0) is 18.0. The summed E-state index contributed by atoms with van der Waals surface area (Å²) in [7, 11) is 1.85. The molecule has 1 aromatic carbocycles. The van der Waals surface area contributed by atoms with Gasteiger partial charge >= 0.3 is 0 Å². The Balaban J connectivity index is 0.00000243. The van der Waals surface area contributed by atoms with E-state index in [1.54, 1.807) is 4.90 Å². The van der Waals surface area contributed by atoms with Gasteiger partial charge in [-0.2, -0.15) is 5.10 Å². The van der Waals surface area contributed by atoms with E-state index < -0.39 is 0 Å². The van der Waals surface area contributed by atoms with Crippen LogP contribution in [-0.4, -0.2) is 41.1 Å². The van der Waals surface area contributed by atoms with Crippen molar-refractivity contribution >= 4 is 18.3 Å². The number of benzene rings is 1. The smallest absolute Gasteiger partial charge is 0.254 e. The van der Waals surface area contributed by atoms with Crippen LogP contribution < -0.4 is 5.32 Å². The van der Waals surface area contributed by atoms with E-state index in [1.165, 1.54) is 0 Å². The monoisotopic (exact) mass is 376 g/mol. The van der Waals surface area contributed by atoms with Crippen molar-refractivity contribution in [2.75, 3.05) is 20.1 Å². The molecule has 2 heterocycles. The van der Waals surface area contributed by atoms with Crippen molar-refractivity contribution in [2.24, 2.45) is 0 Å². The first-order valence-corrected chi connectivity index (χ1v) is 8.96. The van der Waals surface area contributed by atoms with Gasteiger partial charge in [-0.1, -0.05) is 39.0 Å². The molecule has 0 radical (unpaired) electrons. The van der Waals surface area contributed by atoms with Crippen molar-refractivity contribution in [1.29, 1.82) is 0 Å². The van der Waals surface area contributed by atoms with Gasteiger partial charge in [-0.25, -0.2) is 0 Å². The maximum absolute atomic E-state index is 13.0. The lowest BCUT2D eigenvalue weighted by molar-refractivity contribution is 0.0782. The molecule has 5 nitrogen and oxygen atoms in total. The number of carbonyl (C=O) groups is 1. The molecule has 2 N–H and O–H groups in total. The summed E-state index contributed by atoms with van der Waals surface area (Å²) in [6, 6.07) is 10.1. The Labute approximate surface area is 162 Å². The highest BCUT2D eigenvalue weighted by molar-refractivity contribution is 5.95. The fourth-order valence-electron chi connectivity index (χ4n) is 3.33. The summed E-state index contributed by atoms with van der Waals surface area (Å²) in [4.78, 5) is 14.8. The van der Waals surface area contributed by atoms with Crippen LogP contribution in [0.4, 0.5) is 0 Å². The molecule has 0 aliphatic carbocycles. The van der Waals surface area contributed by atoms with E-state index in [2.05, 4.69) is 48.4 Å². The summed E-state index contributed by atoms with van der Waals surface area (Å²) < 4.78 is 0. The second kappa shape index (κ2) is 8.23. The third-order valence-corrected chi connectivity index (χ3v) is 4.84. The van der Waals surface area contributed by atoms with Crippen LogP contribution >= 0.6 is 12.4 Å². The van der Waals surface area contributed by atoms with Crippen molar-refractivity contribution in [3.8, 4) is 0 Å². The van der Waals surface area contributed by atoms with E-state index in [0.29, 0.717) is 12.5 Å². The molecular weight excluding hydrogens is 348 g/mol. The molecule has 1 fully saturated rings. The summed E-state index contributed by atoms with van der Waals surface area (Å²) in [6.07, 6.45) is 1.09. The Bertz CT molecular complexity index is 744. The van der Waals surface area contributed by atoms with Gasteiger partial charge in [-0.3, -0.25) is 9.89 Å². The minimum absolute atomic E-state index is 0. The lowest BCUT2D eigenvalue weighted by atomic mass is 9.92. The number of rotatable bonds is 4. The fourth-order valence-corrected chi connectivity index (χ4v) is 3.33. The average molecular weight is 377 g/mol. The molecular formula is C20H29ClN4O. The Morgan fingerprint density at radius 1 is 1.31 bits per heavy atom. The number of halogens is 1. The van der Waals surface area contributed by atoms with Crippen LogP contribution in [0.2, 0.25) is 0 Å². The van der Waals surface area contributed by atoms with Crippen LogP contribution in [0.3, 0.4) is 0 Å². The van der Waals surface area contributed by atoms with Crippen LogP contribution in [0.15, 0.2) is 30.3 Å². The van der Waals surface area contributed by atoms with Gasteiger partial charge in [0, 0.05) is 24.6 Å². The predicted octanol–water partition coefficient (Wildman–Crippen LogP) is 3.48. The number of hydrogen-bond donors (Lipinski definition) is 2. The number of aromatic amines is 1. The highest BCUT2D eigenvalue weighted by Crippen LogP contribution is 2.27. The molecule has 1 aliphatic heterocycles. The molecule has 1 amide bonds. The summed E-state index contributed by atoms with van der Waals surface area (Å²) in [5.41, 5.74) is 3.94. The number of aromatic nitrogens is 2. The van der Waals surface area contributed by atoms with Gasteiger partial charge in [0.2, 0.25) is 0 Å². The Morgan fingerprint density at radius 2 is 2.04 bits per heavy atom. The third-order valence-electron chi connectivity index (χ3n) is 4.84. The van der Waals surface area contributed by atoms with Crippen molar-refractivity contribution in [3.05, 3.63) is 52.8 Å². The minimum atomic E-state index is -0.000592. The third kappa shape index (κ3) is 4.46. The zero-order valence-corrected chi connectivity index (χ0v) is 16.8. The number of amides is 1. The number of carbonyl (C=O) groups excluding carboxylic acids is 1. The van der Waals surface area contributed by atoms with E-state index in [-0.39, 0.29) is 23.7 Å². The van der Waals surface area contributed by atoms with Gasteiger partial charge in [0.05, 0.1) is 17.9 Å². The molecule has 6 heteroatoms. The normalized spacial score (nSPS) is 17.0. The first-order valence-electron chi connectivity index (χ1n) is 8.96. The van der Waals surface area contributed by atoms with Crippen LogP contribution in [0, 0.1) is 0 Å². The molecule has 1 atom stereocenters. The SMILES string of the molecule is CN(Cc1cc(C(C)(C)C)n[nH]1)C(=O)c1ccccc1C1CCNC1.Cl. The molecule has 0 bridgehead atoms. The van der Waals surface area contributed by atoms with E-state index >= 15 is 0 Å². The molecule has 1 aromatic heterocycles. The zero-order valence-electron chi connectivity index (χ0n) is 16.0. The molecule has 0 spiro atoms. The lowest BCUT2D eigenvalue weighted by Gasteiger charge is -2.20.